The van der Waals surface area contributed by atoms with Crippen molar-refractivity contribution in [3.63, 3.8) is 0 Å². The third kappa shape index (κ3) is 2.76. The minimum Gasteiger partial charge on any atom is -0.272 e. The summed E-state index contributed by atoms with van der Waals surface area (Å²) in [6, 6.07) is 6.02. The van der Waals surface area contributed by atoms with Crippen molar-refractivity contribution in [3.05, 3.63) is 58.1 Å². The lowest BCUT2D eigenvalue weighted by molar-refractivity contribution is 0.740. The van der Waals surface area contributed by atoms with Crippen LogP contribution in [0.15, 0.2) is 30.6 Å². The van der Waals surface area contributed by atoms with Crippen molar-refractivity contribution in [1.29, 1.82) is 0 Å². The highest BCUT2D eigenvalue weighted by atomic mass is 35.5. The van der Waals surface area contributed by atoms with Crippen LogP contribution in [0.5, 0.6) is 0 Å². The molecule has 0 atom stereocenters. The van der Waals surface area contributed by atoms with E-state index in [1.807, 2.05) is 65.7 Å². The van der Waals surface area contributed by atoms with Gasteiger partial charge in [0.2, 0.25) is 0 Å². The molecule has 0 saturated heterocycles. The molecule has 144 valence electrons. The molecule has 0 saturated carbocycles. The van der Waals surface area contributed by atoms with Gasteiger partial charge in [0.1, 0.15) is 0 Å². The lowest BCUT2D eigenvalue weighted by atomic mass is 10.0. The van der Waals surface area contributed by atoms with Crippen molar-refractivity contribution < 1.29 is 0 Å². The van der Waals surface area contributed by atoms with Gasteiger partial charge in [0.05, 0.1) is 29.5 Å². The highest BCUT2D eigenvalue weighted by molar-refractivity contribution is 6.31. The van der Waals surface area contributed by atoms with Gasteiger partial charge in [-0.2, -0.15) is 15.3 Å². The minimum atomic E-state index is 0.721. The van der Waals surface area contributed by atoms with Crippen molar-refractivity contribution in [3.8, 4) is 28.2 Å². The number of aryl methyl sites for hydroxylation is 3. The highest BCUT2D eigenvalue weighted by Crippen LogP contribution is 2.36. The Hall–Kier alpha value is -2.86. The van der Waals surface area contributed by atoms with Crippen molar-refractivity contribution in [2.24, 2.45) is 14.1 Å². The molecule has 4 aromatic rings. The predicted molar refractivity (Wildman–Crippen MR) is 112 cm³/mol. The summed E-state index contributed by atoms with van der Waals surface area (Å²) in [5.41, 5.74) is 9.22. The molecule has 3 aromatic heterocycles. The Bertz CT molecular complexity index is 1190. The van der Waals surface area contributed by atoms with E-state index in [4.69, 9.17) is 16.7 Å². The van der Waals surface area contributed by atoms with E-state index in [1.54, 1.807) is 0 Å². The van der Waals surface area contributed by atoms with Crippen LogP contribution in [0.2, 0.25) is 5.02 Å². The van der Waals surface area contributed by atoms with Gasteiger partial charge >= 0.3 is 0 Å². The molecule has 3 heterocycles. The van der Waals surface area contributed by atoms with Crippen molar-refractivity contribution in [2.75, 3.05) is 0 Å². The highest BCUT2D eigenvalue weighted by Gasteiger charge is 2.23. The number of hydrogen-bond acceptors (Lipinski definition) is 3. The van der Waals surface area contributed by atoms with Crippen LogP contribution in [0, 0.1) is 27.7 Å². The SMILES string of the molecule is Cc1ccc(-n2nc(-c3cnn(C)c3C)c(C)c2-c2cnn(C)c2C)cc1Cl. The van der Waals surface area contributed by atoms with Crippen LogP contribution < -0.4 is 0 Å². The molecule has 28 heavy (non-hydrogen) atoms. The van der Waals surface area contributed by atoms with Gasteiger partial charge in [-0.1, -0.05) is 17.7 Å². The molecule has 0 radical (unpaired) electrons. The second-order valence-electron chi connectivity index (χ2n) is 7.20. The Morgan fingerprint density at radius 3 is 2.00 bits per heavy atom. The summed E-state index contributed by atoms with van der Waals surface area (Å²) in [5, 5.41) is 14.5. The Kier molecular flexibility index (Phi) is 4.38. The molecule has 0 unspecified atom stereocenters. The third-order valence-electron chi connectivity index (χ3n) is 5.50. The number of hydrogen-bond donors (Lipinski definition) is 0. The number of halogens is 1. The Labute approximate surface area is 169 Å². The van der Waals surface area contributed by atoms with Gasteiger partial charge in [-0.25, -0.2) is 4.68 Å². The van der Waals surface area contributed by atoms with Gasteiger partial charge in [0.25, 0.3) is 0 Å². The van der Waals surface area contributed by atoms with Gasteiger partial charge in [-0.05, 0) is 45.4 Å². The van der Waals surface area contributed by atoms with Crippen LogP contribution in [0.4, 0.5) is 0 Å². The maximum atomic E-state index is 6.42. The van der Waals surface area contributed by atoms with Gasteiger partial charge in [-0.3, -0.25) is 9.36 Å². The van der Waals surface area contributed by atoms with Gasteiger partial charge in [-0.15, -0.1) is 0 Å². The molecule has 1 aromatic carbocycles. The summed E-state index contributed by atoms with van der Waals surface area (Å²) >= 11 is 6.42. The fraction of sp³-hybridized carbons (Fsp3) is 0.286. The average molecular weight is 395 g/mol. The van der Waals surface area contributed by atoms with Crippen LogP contribution in [-0.2, 0) is 14.1 Å². The largest absolute Gasteiger partial charge is 0.272 e. The summed E-state index contributed by atoms with van der Waals surface area (Å²) in [7, 11) is 3.89. The number of nitrogens with zero attached hydrogens (tertiary/aromatic N) is 6. The molecule has 6 nitrogen and oxygen atoms in total. The first kappa shape index (κ1) is 18.5. The predicted octanol–water partition coefficient (Wildman–Crippen LogP) is 4.56. The second-order valence-corrected chi connectivity index (χ2v) is 7.61. The quantitative estimate of drug-likeness (QED) is 0.511. The first-order chi connectivity index (χ1) is 13.3. The molecular formula is C21H23ClN6. The molecule has 0 fully saturated rings. The van der Waals surface area contributed by atoms with E-state index in [0.29, 0.717) is 0 Å². The smallest absolute Gasteiger partial charge is 0.0997 e. The van der Waals surface area contributed by atoms with Crippen LogP contribution >= 0.6 is 11.6 Å². The van der Waals surface area contributed by atoms with E-state index >= 15 is 0 Å². The summed E-state index contributed by atoms with van der Waals surface area (Å²) in [6.07, 6.45) is 3.77. The zero-order valence-electron chi connectivity index (χ0n) is 16.9. The molecule has 0 aliphatic heterocycles. The first-order valence-electron chi connectivity index (χ1n) is 9.13. The zero-order valence-corrected chi connectivity index (χ0v) is 17.7. The van der Waals surface area contributed by atoms with E-state index < -0.39 is 0 Å². The Morgan fingerprint density at radius 2 is 1.46 bits per heavy atom. The molecule has 0 spiro atoms. The van der Waals surface area contributed by atoms with Crippen LogP contribution in [-0.4, -0.2) is 29.3 Å². The summed E-state index contributed by atoms with van der Waals surface area (Å²) < 4.78 is 5.71. The molecular weight excluding hydrogens is 372 g/mol. The summed E-state index contributed by atoms with van der Waals surface area (Å²) in [6.45, 7) is 8.22. The van der Waals surface area contributed by atoms with Gasteiger partial charge < -0.3 is 0 Å². The van der Waals surface area contributed by atoms with Crippen LogP contribution in [0.3, 0.4) is 0 Å². The molecule has 0 amide bonds. The molecule has 0 N–H and O–H groups in total. The van der Waals surface area contributed by atoms with Crippen LogP contribution in [0.25, 0.3) is 28.2 Å². The minimum absolute atomic E-state index is 0.721. The second kappa shape index (κ2) is 6.63. The van der Waals surface area contributed by atoms with Gasteiger partial charge in [0, 0.05) is 47.2 Å². The third-order valence-corrected chi connectivity index (χ3v) is 5.91. The number of rotatable bonds is 3. The normalized spacial score (nSPS) is 11.4. The molecule has 0 aliphatic carbocycles. The van der Waals surface area contributed by atoms with E-state index in [2.05, 4.69) is 31.0 Å². The Balaban J connectivity index is 2.03. The van der Waals surface area contributed by atoms with Crippen molar-refractivity contribution >= 4 is 11.6 Å². The van der Waals surface area contributed by atoms with Gasteiger partial charge in [0.15, 0.2) is 0 Å². The number of benzene rings is 1. The molecule has 0 aliphatic rings. The molecule has 0 bridgehead atoms. The van der Waals surface area contributed by atoms with E-state index in [1.165, 1.54) is 0 Å². The lowest BCUT2D eigenvalue weighted by Gasteiger charge is -2.10. The maximum absolute atomic E-state index is 6.42. The molecule has 4 rings (SSSR count). The average Bonchev–Trinajstić information content (AvgIpc) is 3.28. The number of aromatic nitrogens is 6. The maximum Gasteiger partial charge on any atom is 0.0997 e. The van der Waals surface area contributed by atoms with E-state index in [9.17, 15) is 0 Å². The fourth-order valence-electron chi connectivity index (χ4n) is 3.43. The monoisotopic (exact) mass is 394 g/mol. The molecule has 7 heteroatoms. The van der Waals surface area contributed by atoms with E-state index in [0.717, 1.165) is 55.7 Å². The van der Waals surface area contributed by atoms with Crippen molar-refractivity contribution in [2.45, 2.75) is 27.7 Å². The summed E-state index contributed by atoms with van der Waals surface area (Å²) in [5.74, 6) is 0. The van der Waals surface area contributed by atoms with Crippen LogP contribution in [0.1, 0.15) is 22.5 Å². The van der Waals surface area contributed by atoms with Crippen molar-refractivity contribution in [1.82, 2.24) is 29.3 Å². The fourth-order valence-corrected chi connectivity index (χ4v) is 3.61. The zero-order chi connectivity index (χ0) is 20.2. The Morgan fingerprint density at radius 1 is 0.857 bits per heavy atom. The van der Waals surface area contributed by atoms with E-state index in [-0.39, 0.29) is 0 Å². The standard InChI is InChI=1S/C21H23ClN6/c1-12-7-8-16(9-19(12)22)28-21(18-11-24-27(6)15(18)4)13(2)20(25-28)17-10-23-26(5)14(17)3/h7-11H,1-6H3. The lowest BCUT2D eigenvalue weighted by Crippen LogP contribution is -2.01. The topological polar surface area (TPSA) is 53.5 Å². The summed E-state index contributed by atoms with van der Waals surface area (Å²) in [4.78, 5) is 0. The first-order valence-corrected chi connectivity index (χ1v) is 9.51.